The smallest absolute Gasteiger partial charge is 0.132 e. The Morgan fingerprint density at radius 3 is 2.08 bits per heavy atom. The zero-order valence-corrected chi connectivity index (χ0v) is 19.7. The third-order valence-corrected chi connectivity index (χ3v) is 6.56. The van der Waals surface area contributed by atoms with E-state index in [0.717, 1.165) is 28.1 Å². The Hall–Kier alpha value is -3.96. The number of allylic oxidation sites excluding steroid dienone is 1. The van der Waals surface area contributed by atoms with Crippen LogP contribution in [0.15, 0.2) is 109 Å². The molecule has 5 rings (SSSR count). The quantitative estimate of drug-likeness (QED) is 0.289. The summed E-state index contributed by atoms with van der Waals surface area (Å²) in [6.07, 6.45) is 3.86. The van der Waals surface area contributed by atoms with Crippen LogP contribution in [0.1, 0.15) is 29.2 Å². The lowest BCUT2D eigenvalue weighted by Crippen LogP contribution is -2.58. The first-order valence-corrected chi connectivity index (χ1v) is 12.0. The molecule has 36 heavy (non-hydrogen) atoms. The van der Waals surface area contributed by atoms with Crippen LogP contribution in [-0.2, 0) is 6.61 Å². The SMILES string of the molecule is OC1[C@H](C/C=C\c2ccc(F)cc2)[C@@H](c2ccc(OCc3ccccc3)cc2)N1c1ccc(F)cc1. The van der Waals surface area contributed by atoms with Gasteiger partial charge in [0.2, 0.25) is 0 Å². The van der Waals surface area contributed by atoms with Gasteiger partial charge in [-0.25, -0.2) is 8.78 Å². The van der Waals surface area contributed by atoms with Gasteiger partial charge in [0.15, 0.2) is 0 Å². The first-order chi connectivity index (χ1) is 17.6. The molecule has 0 bridgehead atoms. The molecule has 5 heteroatoms. The summed E-state index contributed by atoms with van der Waals surface area (Å²) in [6, 6.07) is 30.3. The van der Waals surface area contributed by atoms with Crippen molar-refractivity contribution < 1.29 is 18.6 Å². The second-order valence-corrected chi connectivity index (χ2v) is 8.94. The first-order valence-electron chi connectivity index (χ1n) is 12.0. The molecular weight excluding hydrogens is 456 g/mol. The van der Waals surface area contributed by atoms with Crippen molar-refractivity contribution in [1.82, 2.24) is 0 Å². The maximum Gasteiger partial charge on any atom is 0.132 e. The Balaban J connectivity index is 1.33. The van der Waals surface area contributed by atoms with E-state index in [1.54, 1.807) is 24.3 Å². The molecule has 3 atom stereocenters. The zero-order valence-electron chi connectivity index (χ0n) is 19.7. The second-order valence-electron chi connectivity index (χ2n) is 8.94. The summed E-state index contributed by atoms with van der Waals surface area (Å²) in [5, 5.41) is 11.0. The van der Waals surface area contributed by atoms with Crippen molar-refractivity contribution in [1.29, 1.82) is 0 Å². The molecule has 1 fully saturated rings. The number of hydrogen-bond acceptors (Lipinski definition) is 3. The van der Waals surface area contributed by atoms with Crippen LogP contribution in [0, 0.1) is 17.6 Å². The average molecular weight is 484 g/mol. The monoisotopic (exact) mass is 483 g/mol. The number of halogens is 2. The number of nitrogens with zero attached hydrogens (tertiary/aromatic N) is 1. The molecule has 0 spiro atoms. The van der Waals surface area contributed by atoms with Gasteiger partial charge >= 0.3 is 0 Å². The van der Waals surface area contributed by atoms with E-state index in [1.165, 1.54) is 24.3 Å². The fourth-order valence-electron chi connectivity index (χ4n) is 4.66. The van der Waals surface area contributed by atoms with Crippen LogP contribution in [0.2, 0.25) is 0 Å². The van der Waals surface area contributed by atoms with Crippen molar-refractivity contribution in [3.63, 3.8) is 0 Å². The van der Waals surface area contributed by atoms with Gasteiger partial charge in [-0.15, -0.1) is 0 Å². The number of hydrogen-bond donors (Lipinski definition) is 1. The summed E-state index contributed by atoms with van der Waals surface area (Å²) in [5.74, 6) is 0.114. The summed E-state index contributed by atoms with van der Waals surface area (Å²) in [6.45, 7) is 0.487. The molecule has 3 nitrogen and oxygen atoms in total. The van der Waals surface area contributed by atoms with Gasteiger partial charge in [0, 0.05) is 11.6 Å². The Labute approximate surface area is 209 Å². The Morgan fingerprint density at radius 2 is 1.42 bits per heavy atom. The van der Waals surface area contributed by atoms with Crippen molar-refractivity contribution in [2.75, 3.05) is 4.90 Å². The van der Waals surface area contributed by atoms with Crippen LogP contribution in [-0.4, -0.2) is 11.3 Å². The van der Waals surface area contributed by atoms with Crippen LogP contribution < -0.4 is 9.64 Å². The zero-order chi connectivity index (χ0) is 24.9. The average Bonchev–Trinajstić information content (AvgIpc) is 2.91. The lowest BCUT2D eigenvalue weighted by Gasteiger charge is -2.54. The second kappa shape index (κ2) is 10.8. The van der Waals surface area contributed by atoms with E-state index in [0.29, 0.717) is 13.0 Å². The summed E-state index contributed by atoms with van der Waals surface area (Å²) in [7, 11) is 0. The summed E-state index contributed by atoms with van der Waals surface area (Å²) >= 11 is 0. The van der Waals surface area contributed by atoms with Gasteiger partial charge in [0.25, 0.3) is 0 Å². The molecule has 0 amide bonds. The van der Waals surface area contributed by atoms with Crippen molar-refractivity contribution in [3.05, 3.63) is 138 Å². The third kappa shape index (κ3) is 5.31. The highest BCUT2D eigenvalue weighted by atomic mass is 19.1. The summed E-state index contributed by atoms with van der Waals surface area (Å²) in [4.78, 5) is 1.91. The fourth-order valence-corrected chi connectivity index (χ4v) is 4.66. The van der Waals surface area contributed by atoms with Crippen molar-refractivity contribution in [2.24, 2.45) is 5.92 Å². The molecule has 1 unspecified atom stereocenters. The van der Waals surface area contributed by atoms with E-state index < -0.39 is 6.23 Å². The van der Waals surface area contributed by atoms with Crippen LogP contribution in [0.5, 0.6) is 5.75 Å². The van der Waals surface area contributed by atoms with E-state index in [9.17, 15) is 13.9 Å². The molecule has 1 aliphatic heterocycles. The predicted molar refractivity (Wildman–Crippen MR) is 138 cm³/mol. The van der Waals surface area contributed by atoms with Gasteiger partial charge in [0.1, 0.15) is 30.2 Å². The normalized spacial score (nSPS) is 19.3. The van der Waals surface area contributed by atoms with Crippen LogP contribution in [0.4, 0.5) is 14.5 Å². The molecule has 0 aliphatic carbocycles. The number of ether oxygens (including phenoxy) is 1. The minimum absolute atomic E-state index is 0.0668. The van der Waals surface area contributed by atoms with E-state index in [-0.39, 0.29) is 23.6 Å². The highest BCUT2D eigenvalue weighted by molar-refractivity contribution is 5.55. The topological polar surface area (TPSA) is 32.7 Å². The molecule has 0 saturated carbocycles. The number of benzene rings is 4. The minimum Gasteiger partial charge on any atom is -0.489 e. The largest absolute Gasteiger partial charge is 0.489 e. The standard InChI is InChI=1S/C31H27F2NO2/c32-25-13-9-22(10-14-25)7-4-8-29-30(34(31(29)35)27-17-15-26(33)16-18-27)24-11-19-28(20-12-24)36-21-23-5-2-1-3-6-23/h1-7,9-20,29-31,35H,8,21H2/b7-4-/t29-,30-,31?/m1/s1. The summed E-state index contributed by atoms with van der Waals surface area (Å²) < 4.78 is 32.7. The molecule has 1 heterocycles. The maximum absolute atomic E-state index is 13.5. The highest BCUT2D eigenvalue weighted by Gasteiger charge is 2.47. The van der Waals surface area contributed by atoms with E-state index >= 15 is 0 Å². The molecule has 1 N–H and O–H groups in total. The molecule has 4 aromatic carbocycles. The van der Waals surface area contributed by atoms with Crippen molar-refractivity contribution in [2.45, 2.75) is 25.3 Å². The molecule has 0 radical (unpaired) electrons. The molecule has 4 aromatic rings. The van der Waals surface area contributed by atoms with Crippen LogP contribution >= 0.6 is 0 Å². The van der Waals surface area contributed by atoms with Gasteiger partial charge in [-0.3, -0.25) is 0 Å². The fraction of sp³-hybridized carbons (Fsp3) is 0.161. The van der Waals surface area contributed by atoms with Crippen molar-refractivity contribution >= 4 is 11.8 Å². The van der Waals surface area contributed by atoms with Crippen LogP contribution in [0.3, 0.4) is 0 Å². The summed E-state index contributed by atoms with van der Waals surface area (Å²) in [5.41, 5.74) is 3.80. The number of rotatable bonds is 8. The predicted octanol–water partition coefficient (Wildman–Crippen LogP) is 7.14. The highest BCUT2D eigenvalue weighted by Crippen LogP contribution is 2.48. The van der Waals surface area contributed by atoms with Gasteiger partial charge in [-0.1, -0.05) is 66.7 Å². The van der Waals surface area contributed by atoms with Gasteiger partial charge in [0.05, 0.1) is 6.04 Å². The van der Waals surface area contributed by atoms with E-state index in [1.807, 2.05) is 71.6 Å². The minimum atomic E-state index is -0.715. The molecule has 1 aliphatic rings. The molecule has 182 valence electrons. The Morgan fingerprint density at radius 1 is 0.778 bits per heavy atom. The Bertz CT molecular complexity index is 1290. The number of aliphatic hydroxyl groups excluding tert-OH is 1. The van der Waals surface area contributed by atoms with Crippen molar-refractivity contribution in [3.8, 4) is 5.75 Å². The van der Waals surface area contributed by atoms with Crippen LogP contribution in [0.25, 0.3) is 6.08 Å². The molecular formula is C31H27F2NO2. The van der Waals surface area contributed by atoms with E-state index in [4.69, 9.17) is 4.74 Å². The number of aliphatic hydroxyl groups is 1. The van der Waals surface area contributed by atoms with E-state index in [2.05, 4.69) is 0 Å². The molecule has 1 saturated heterocycles. The number of anilines is 1. The lowest BCUT2D eigenvalue weighted by molar-refractivity contribution is 0.00712. The van der Waals surface area contributed by atoms with Gasteiger partial charge < -0.3 is 14.7 Å². The van der Waals surface area contributed by atoms with Gasteiger partial charge in [-0.2, -0.15) is 0 Å². The Kier molecular flexibility index (Phi) is 7.10. The molecule has 0 aromatic heterocycles. The third-order valence-electron chi connectivity index (χ3n) is 6.56. The van der Waals surface area contributed by atoms with Gasteiger partial charge in [-0.05, 0) is 71.6 Å². The maximum atomic E-state index is 13.5. The first kappa shape index (κ1) is 23.8. The lowest BCUT2D eigenvalue weighted by atomic mass is 9.78.